The largest absolute Gasteiger partial charge is 0.496 e. The normalized spacial score (nSPS) is 17.3. The highest BCUT2D eigenvalue weighted by molar-refractivity contribution is 8.15. The number of ether oxygens (including phenoxy) is 1. The second-order valence-electron chi connectivity index (χ2n) is 6.27. The summed E-state index contributed by atoms with van der Waals surface area (Å²) in [4.78, 5) is 41.1. The third-order valence-electron chi connectivity index (χ3n) is 4.24. The summed E-state index contributed by atoms with van der Waals surface area (Å²) in [7, 11) is 2.91. The van der Waals surface area contributed by atoms with E-state index in [9.17, 15) is 24.1 Å². The van der Waals surface area contributed by atoms with Gasteiger partial charge in [-0.25, -0.2) is 9.38 Å². The van der Waals surface area contributed by atoms with Gasteiger partial charge in [0, 0.05) is 13.5 Å². The lowest BCUT2D eigenvalue weighted by atomic mass is 10.2. The predicted molar refractivity (Wildman–Crippen MR) is 111 cm³/mol. The second kappa shape index (κ2) is 8.91. The lowest BCUT2D eigenvalue weighted by molar-refractivity contribution is -0.384. The van der Waals surface area contributed by atoms with Gasteiger partial charge < -0.3 is 10.1 Å². The Morgan fingerprint density at radius 3 is 2.67 bits per heavy atom. The first-order valence-electron chi connectivity index (χ1n) is 8.69. The van der Waals surface area contributed by atoms with E-state index < -0.39 is 21.9 Å². The van der Waals surface area contributed by atoms with Crippen LogP contribution in [-0.4, -0.2) is 46.2 Å². The van der Waals surface area contributed by atoms with Crippen molar-refractivity contribution in [2.24, 2.45) is 4.99 Å². The smallest absolute Gasteiger partial charge is 0.296 e. The van der Waals surface area contributed by atoms with E-state index in [1.165, 1.54) is 61.5 Å². The molecule has 1 atom stereocenters. The average molecular weight is 432 g/mol. The molecular formula is C19H17FN4O5S. The maximum atomic E-state index is 13.0. The molecule has 0 spiro atoms. The number of amidine groups is 1. The standard InChI is InChI=1S/C19H17FN4O5S/c1-23-18(26)16(30-19(23)21-12-5-3-11(20)4-6-12)10-17(25)22-14-8-7-13(29-2)9-15(14)24(27)28/h3-9,16H,10H2,1-2H3,(H,22,25). The maximum absolute atomic E-state index is 13.0. The minimum atomic E-state index is -0.730. The van der Waals surface area contributed by atoms with Crippen LogP contribution in [0.5, 0.6) is 5.75 Å². The van der Waals surface area contributed by atoms with E-state index in [4.69, 9.17) is 4.74 Å². The summed E-state index contributed by atoms with van der Waals surface area (Å²) in [5.41, 5.74) is 0.163. The first-order valence-corrected chi connectivity index (χ1v) is 9.57. The first-order chi connectivity index (χ1) is 14.3. The number of carbonyl (C=O) groups excluding carboxylic acids is 2. The number of nitrogens with zero attached hydrogens (tertiary/aromatic N) is 3. The van der Waals surface area contributed by atoms with Gasteiger partial charge in [-0.3, -0.25) is 24.6 Å². The van der Waals surface area contributed by atoms with Crippen LogP contribution >= 0.6 is 11.8 Å². The highest BCUT2D eigenvalue weighted by Crippen LogP contribution is 2.32. The predicted octanol–water partition coefficient (Wildman–Crippen LogP) is 3.33. The fourth-order valence-corrected chi connectivity index (χ4v) is 3.84. The number of benzene rings is 2. The lowest BCUT2D eigenvalue weighted by Crippen LogP contribution is -2.30. The minimum Gasteiger partial charge on any atom is -0.496 e. The molecular weight excluding hydrogens is 415 g/mol. The molecule has 1 saturated heterocycles. The Morgan fingerprint density at radius 1 is 1.33 bits per heavy atom. The average Bonchev–Trinajstić information content (AvgIpc) is 2.97. The van der Waals surface area contributed by atoms with Crippen LogP contribution in [0.1, 0.15) is 6.42 Å². The molecule has 0 radical (unpaired) electrons. The van der Waals surface area contributed by atoms with Crippen molar-refractivity contribution in [3.8, 4) is 5.75 Å². The van der Waals surface area contributed by atoms with Crippen LogP contribution < -0.4 is 10.1 Å². The number of anilines is 1. The highest BCUT2D eigenvalue weighted by atomic mass is 32.2. The van der Waals surface area contributed by atoms with E-state index in [0.29, 0.717) is 10.9 Å². The lowest BCUT2D eigenvalue weighted by Gasteiger charge is -2.10. The van der Waals surface area contributed by atoms with Gasteiger partial charge in [-0.1, -0.05) is 11.8 Å². The van der Waals surface area contributed by atoms with Crippen molar-refractivity contribution < 1.29 is 23.6 Å². The summed E-state index contributed by atoms with van der Waals surface area (Å²) in [6.45, 7) is 0. The summed E-state index contributed by atoms with van der Waals surface area (Å²) in [6.07, 6.45) is -0.195. The number of hydrogen-bond donors (Lipinski definition) is 1. The van der Waals surface area contributed by atoms with E-state index in [1.807, 2.05) is 0 Å². The summed E-state index contributed by atoms with van der Waals surface area (Å²) in [5.74, 6) is -0.986. The number of amides is 2. The van der Waals surface area contributed by atoms with Gasteiger partial charge in [0.2, 0.25) is 11.8 Å². The Labute approximate surface area is 175 Å². The Bertz CT molecular complexity index is 1030. The molecule has 1 N–H and O–H groups in total. The van der Waals surface area contributed by atoms with Crippen molar-refractivity contribution in [1.29, 1.82) is 0 Å². The number of aliphatic imine (C=N–C) groups is 1. The molecule has 30 heavy (non-hydrogen) atoms. The minimum absolute atomic E-state index is 0.00908. The fraction of sp³-hybridized carbons (Fsp3) is 0.211. The number of halogens is 1. The quantitative estimate of drug-likeness (QED) is 0.553. The number of nitro benzene ring substituents is 1. The summed E-state index contributed by atoms with van der Waals surface area (Å²) < 4.78 is 18.0. The Hall–Kier alpha value is -3.47. The van der Waals surface area contributed by atoms with Crippen LogP contribution in [0.25, 0.3) is 0 Å². The molecule has 11 heteroatoms. The Morgan fingerprint density at radius 2 is 2.03 bits per heavy atom. The van der Waals surface area contributed by atoms with Gasteiger partial charge in [0.05, 0.1) is 23.8 Å². The van der Waals surface area contributed by atoms with E-state index in [1.54, 1.807) is 0 Å². The number of nitro groups is 1. The number of hydrogen-bond acceptors (Lipinski definition) is 7. The van der Waals surface area contributed by atoms with E-state index in [2.05, 4.69) is 10.3 Å². The molecule has 2 aromatic rings. The maximum Gasteiger partial charge on any atom is 0.296 e. The van der Waals surface area contributed by atoms with Gasteiger partial charge in [0.15, 0.2) is 5.17 Å². The van der Waals surface area contributed by atoms with Gasteiger partial charge in [-0.05, 0) is 36.4 Å². The monoisotopic (exact) mass is 432 g/mol. The second-order valence-corrected chi connectivity index (χ2v) is 7.44. The fourth-order valence-electron chi connectivity index (χ4n) is 2.69. The van der Waals surface area contributed by atoms with Crippen molar-refractivity contribution in [2.75, 3.05) is 19.5 Å². The summed E-state index contributed by atoms with van der Waals surface area (Å²) >= 11 is 1.10. The van der Waals surface area contributed by atoms with Crippen molar-refractivity contribution in [3.63, 3.8) is 0 Å². The molecule has 9 nitrogen and oxygen atoms in total. The van der Waals surface area contributed by atoms with E-state index >= 15 is 0 Å². The third-order valence-corrected chi connectivity index (χ3v) is 5.47. The topological polar surface area (TPSA) is 114 Å². The summed E-state index contributed by atoms with van der Waals surface area (Å²) in [6, 6.07) is 9.52. The van der Waals surface area contributed by atoms with Crippen LogP contribution in [0, 0.1) is 15.9 Å². The van der Waals surface area contributed by atoms with Gasteiger partial charge in [-0.15, -0.1) is 0 Å². The molecule has 0 bridgehead atoms. The molecule has 1 aliphatic heterocycles. The van der Waals surface area contributed by atoms with Gasteiger partial charge in [0.25, 0.3) is 5.69 Å². The van der Waals surface area contributed by atoms with Crippen molar-refractivity contribution in [3.05, 3.63) is 58.4 Å². The van der Waals surface area contributed by atoms with Gasteiger partial charge >= 0.3 is 0 Å². The van der Waals surface area contributed by atoms with Crippen LogP contribution in [-0.2, 0) is 9.59 Å². The highest BCUT2D eigenvalue weighted by Gasteiger charge is 2.37. The zero-order chi connectivity index (χ0) is 21.8. The molecule has 1 fully saturated rings. The molecule has 156 valence electrons. The van der Waals surface area contributed by atoms with Crippen LogP contribution in [0.4, 0.5) is 21.5 Å². The number of methoxy groups -OCH3 is 1. The van der Waals surface area contributed by atoms with Gasteiger partial charge in [-0.2, -0.15) is 0 Å². The molecule has 0 aliphatic carbocycles. The molecule has 2 aromatic carbocycles. The molecule has 0 aromatic heterocycles. The number of rotatable bonds is 6. The zero-order valence-electron chi connectivity index (χ0n) is 16.0. The zero-order valence-corrected chi connectivity index (χ0v) is 16.8. The molecule has 3 rings (SSSR count). The van der Waals surface area contributed by atoms with Crippen LogP contribution in [0.3, 0.4) is 0 Å². The third kappa shape index (κ3) is 4.74. The van der Waals surface area contributed by atoms with Crippen molar-refractivity contribution in [2.45, 2.75) is 11.7 Å². The number of thioether (sulfide) groups is 1. The molecule has 1 aliphatic rings. The van der Waals surface area contributed by atoms with Crippen molar-refractivity contribution >= 4 is 45.8 Å². The van der Waals surface area contributed by atoms with Crippen LogP contribution in [0.15, 0.2) is 47.5 Å². The van der Waals surface area contributed by atoms with Crippen LogP contribution in [0.2, 0.25) is 0 Å². The van der Waals surface area contributed by atoms with Crippen molar-refractivity contribution in [1.82, 2.24) is 4.90 Å². The Kier molecular flexibility index (Phi) is 6.31. The number of carbonyl (C=O) groups is 2. The van der Waals surface area contributed by atoms with E-state index in [-0.39, 0.29) is 29.5 Å². The Balaban J connectivity index is 1.71. The molecule has 2 amide bonds. The molecule has 1 unspecified atom stereocenters. The SMILES string of the molecule is COc1ccc(NC(=O)CC2SC(=Nc3ccc(F)cc3)N(C)C2=O)c([N+](=O)[O-])c1. The first kappa shape index (κ1) is 21.2. The molecule has 0 saturated carbocycles. The van der Waals surface area contributed by atoms with Gasteiger partial charge in [0.1, 0.15) is 22.5 Å². The summed E-state index contributed by atoms with van der Waals surface area (Å²) in [5, 5.41) is 13.4. The number of nitrogens with one attached hydrogen (secondary N) is 1. The van der Waals surface area contributed by atoms with E-state index in [0.717, 1.165) is 11.8 Å². The molecule has 1 heterocycles.